The maximum Gasteiger partial charge on any atom is 0.136 e. The van der Waals surface area contributed by atoms with Crippen molar-refractivity contribution in [3.05, 3.63) is 29.3 Å². The van der Waals surface area contributed by atoms with Gasteiger partial charge in [0.15, 0.2) is 0 Å². The zero-order valence-corrected chi connectivity index (χ0v) is 12.3. The van der Waals surface area contributed by atoms with Crippen molar-refractivity contribution in [2.75, 3.05) is 20.2 Å². The van der Waals surface area contributed by atoms with Crippen molar-refractivity contribution in [1.29, 1.82) is 5.26 Å². The molecule has 1 fully saturated rings. The number of nitriles is 1. The second kappa shape index (κ2) is 6.74. The highest BCUT2D eigenvalue weighted by Crippen LogP contribution is 2.25. The summed E-state index contributed by atoms with van der Waals surface area (Å²) in [5.41, 5.74) is 7.66. The van der Waals surface area contributed by atoms with Gasteiger partial charge in [-0.1, -0.05) is 13.0 Å². The van der Waals surface area contributed by atoms with Crippen molar-refractivity contribution in [3.63, 3.8) is 0 Å². The lowest BCUT2D eigenvalue weighted by molar-refractivity contribution is 0.115. The Hall–Kier alpha value is -1.57. The molecule has 2 atom stereocenters. The van der Waals surface area contributed by atoms with Gasteiger partial charge in [0.2, 0.25) is 0 Å². The third-order valence-corrected chi connectivity index (χ3v) is 4.14. The molecule has 0 spiro atoms. The standard InChI is InChI=1S/C16H23N3O/c1-12-5-6-19(15(7-12)10-18)11-13-3-4-14(9-17)16(8-13)20-2/h3-4,8,12,15H,5-7,10-11,18H2,1-2H3. The van der Waals surface area contributed by atoms with E-state index in [0.717, 1.165) is 19.0 Å². The number of likely N-dealkylation sites (tertiary alicyclic amines) is 1. The Labute approximate surface area is 121 Å². The normalized spacial score (nSPS) is 23.3. The molecule has 2 N–H and O–H groups in total. The highest BCUT2D eigenvalue weighted by atomic mass is 16.5. The molecule has 0 radical (unpaired) electrons. The molecule has 0 amide bonds. The van der Waals surface area contributed by atoms with E-state index in [0.29, 0.717) is 23.9 Å². The van der Waals surface area contributed by atoms with Crippen molar-refractivity contribution >= 4 is 0 Å². The van der Waals surface area contributed by atoms with Crippen LogP contribution < -0.4 is 10.5 Å². The molecule has 108 valence electrons. The first-order valence-electron chi connectivity index (χ1n) is 7.19. The van der Waals surface area contributed by atoms with E-state index >= 15 is 0 Å². The largest absolute Gasteiger partial charge is 0.495 e. The highest BCUT2D eigenvalue weighted by molar-refractivity contribution is 5.45. The van der Waals surface area contributed by atoms with Crippen LogP contribution >= 0.6 is 0 Å². The van der Waals surface area contributed by atoms with Gasteiger partial charge in [0.05, 0.1) is 12.7 Å². The van der Waals surface area contributed by atoms with Gasteiger partial charge in [-0.2, -0.15) is 5.26 Å². The molecular weight excluding hydrogens is 250 g/mol. The van der Waals surface area contributed by atoms with Crippen LogP contribution in [0.3, 0.4) is 0 Å². The van der Waals surface area contributed by atoms with E-state index in [2.05, 4.69) is 17.9 Å². The second-order valence-electron chi connectivity index (χ2n) is 5.64. The molecule has 20 heavy (non-hydrogen) atoms. The monoisotopic (exact) mass is 273 g/mol. The van der Waals surface area contributed by atoms with E-state index in [1.54, 1.807) is 7.11 Å². The number of benzene rings is 1. The summed E-state index contributed by atoms with van der Waals surface area (Å²) in [5.74, 6) is 1.41. The van der Waals surface area contributed by atoms with Gasteiger partial charge in [-0.3, -0.25) is 4.90 Å². The predicted molar refractivity (Wildman–Crippen MR) is 79.4 cm³/mol. The van der Waals surface area contributed by atoms with Crippen LogP contribution in [0.2, 0.25) is 0 Å². The zero-order chi connectivity index (χ0) is 14.5. The van der Waals surface area contributed by atoms with Gasteiger partial charge in [0, 0.05) is 19.1 Å². The third kappa shape index (κ3) is 3.30. The Morgan fingerprint density at radius 3 is 2.95 bits per heavy atom. The summed E-state index contributed by atoms with van der Waals surface area (Å²) in [7, 11) is 1.60. The molecule has 1 heterocycles. The van der Waals surface area contributed by atoms with Crippen molar-refractivity contribution in [1.82, 2.24) is 4.90 Å². The van der Waals surface area contributed by atoms with Crippen LogP contribution in [0.25, 0.3) is 0 Å². The van der Waals surface area contributed by atoms with Crippen molar-refractivity contribution in [3.8, 4) is 11.8 Å². The minimum absolute atomic E-state index is 0.459. The minimum Gasteiger partial charge on any atom is -0.495 e. The Morgan fingerprint density at radius 1 is 1.50 bits per heavy atom. The van der Waals surface area contributed by atoms with Gasteiger partial charge in [-0.25, -0.2) is 0 Å². The lowest BCUT2D eigenvalue weighted by Crippen LogP contribution is -2.45. The van der Waals surface area contributed by atoms with E-state index in [-0.39, 0.29) is 0 Å². The fraction of sp³-hybridized carbons (Fsp3) is 0.562. The molecule has 0 bridgehead atoms. The van der Waals surface area contributed by atoms with Crippen molar-refractivity contribution in [2.45, 2.75) is 32.4 Å². The van der Waals surface area contributed by atoms with Crippen LogP contribution in [-0.2, 0) is 6.54 Å². The zero-order valence-electron chi connectivity index (χ0n) is 12.3. The lowest BCUT2D eigenvalue weighted by Gasteiger charge is -2.38. The summed E-state index contributed by atoms with van der Waals surface area (Å²) in [6.45, 7) is 4.96. The topological polar surface area (TPSA) is 62.3 Å². The fourth-order valence-electron chi connectivity index (χ4n) is 2.91. The molecule has 0 aliphatic carbocycles. The third-order valence-electron chi connectivity index (χ3n) is 4.14. The van der Waals surface area contributed by atoms with Crippen molar-refractivity contribution < 1.29 is 4.74 Å². The quantitative estimate of drug-likeness (QED) is 0.913. The summed E-state index contributed by atoms with van der Waals surface area (Å²) in [6, 6.07) is 8.40. The molecule has 4 nitrogen and oxygen atoms in total. The lowest BCUT2D eigenvalue weighted by atomic mass is 9.92. The smallest absolute Gasteiger partial charge is 0.136 e. The highest BCUT2D eigenvalue weighted by Gasteiger charge is 2.25. The van der Waals surface area contributed by atoms with E-state index in [1.165, 1.54) is 18.4 Å². The molecule has 1 saturated heterocycles. The number of methoxy groups -OCH3 is 1. The van der Waals surface area contributed by atoms with Crippen LogP contribution in [0.15, 0.2) is 18.2 Å². The predicted octanol–water partition coefficient (Wildman–Crippen LogP) is 2.13. The van der Waals surface area contributed by atoms with Gasteiger partial charge in [-0.15, -0.1) is 0 Å². The van der Waals surface area contributed by atoms with Crippen LogP contribution in [-0.4, -0.2) is 31.1 Å². The maximum absolute atomic E-state index is 9.01. The van der Waals surface area contributed by atoms with E-state index in [4.69, 9.17) is 15.7 Å². The number of nitrogens with zero attached hydrogens (tertiary/aromatic N) is 2. The molecule has 2 unspecified atom stereocenters. The minimum atomic E-state index is 0.459. The first kappa shape index (κ1) is 14.8. The maximum atomic E-state index is 9.01. The first-order valence-corrected chi connectivity index (χ1v) is 7.19. The molecule has 1 aliphatic heterocycles. The Bertz CT molecular complexity index is 495. The van der Waals surface area contributed by atoms with E-state index < -0.39 is 0 Å². The molecule has 1 aliphatic rings. The van der Waals surface area contributed by atoms with Crippen LogP contribution in [0.4, 0.5) is 0 Å². The summed E-state index contributed by atoms with van der Waals surface area (Å²) in [5, 5.41) is 9.01. The number of rotatable bonds is 4. The van der Waals surface area contributed by atoms with Gasteiger partial charge >= 0.3 is 0 Å². The number of ether oxygens (including phenoxy) is 1. The molecule has 2 rings (SSSR count). The number of nitrogens with two attached hydrogens (primary N) is 1. The average Bonchev–Trinajstić information content (AvgIpc) is 2.48. The van der Waals surface area contributed by atoms with Gasteiger partial charge in [-0.05, 0) is 43.0 Å². The van der Waals surface area contributed by atoms with Gasteiger partial charge < -0.3 is 10.5 Å². The van der Waals surface area contributed by atoms with Crippen LogP contribution in [0.1, 0.15) is 30.9 Å². The first-order chi connectivity index (χ1) is 9.67. The van der Waals surface area contributed by atoms with Gasteiger partial charge in [0.1, 0.15) is 11.8 Å². The fourth-order valence-corrected chi connectivity index (χ4v) is 2.91. The van der Waals surface area contributed by atoms with Gasteiger partial charge in [0.25, 0.3) is 0 Å². The Morgan fingerprint density at radius 2 is 2.30 bits per heavy atom. The molecule has 0 saturated carbocycles. The molecule has 4 heteroatoms. The number of piperidine rings is 1. The SMILES string of the molecule is COc1cc(CN2CCC(C)CC2CN)ccc1C#N. The van der Waals surface area contributed by atoms with Crippen LogP contribution in [0.5, 0.6) is 5.75 Å². The average molecular weight is 273 g/mol. The summed E-state index contributed by atoms with van der Waals surface area (Å²) < 4.78 is 5.27. The summed E-state index contributed by atoms with van der Waals surface area (Å²) in [6.07, 6.45) is 2.40. The summed E-state index contributed by atoms with van der Waals surface area (Å²) in [4.78, 5) is 2.45. The van der Waals surface area contributed by atoms with Crippen LogP contribution in [0, 0.1) is 17.2 Å². The molecule has 1 aromatic carbocycles. The Kier molecular flexibility index (Phi) is 4.99. The molecular formula is C16H23N3O. The van der Waals surface area contributed by atoms with E-state index in [1.807, 2.05) is 18.2 Å². The Balaban J connectivity index is 2.11. The van der Waals surface area contributed by atoms with E-state index in [9.17, 15) is 0 Å². The molecule has 1 aromatic rings. The van der Waals surface area contributed by atoms with Crippen molar-refractivity contribution in [2.24, 2.45) is 11.7 Å². The summed E-state index contributed by atoms with van der Waals surface area (Å²) >= 11 is 0. The second-order valence-corrected chi connectivity index (χ2v) is 5.64. The number of hydrogen-bond donors (Lipinski definition) is 1. The molecule has 0 aromatic heterocycles. The number of hydrogen-bond acceptors (Lipinski definition) is 4.